The number of nitrogens with zero attached hydrogens (tertiary/aromatic N) is 2. The summed E-state index contributed by atoms with van der Waals surface area (Å²) in [5.41, 5.74) is 1.92. The van der Waals surface area contributed by atoms with Crippen molar-refractivity contribution < 1.29 is 9.21 Å². The first-order valence-electron chi connectivity index (χ1n) is 7.41. The molecule has 1 N–H and O–H groups in total. The van der Waals surface area contributed by atoms with Crippen LogP contribution >= 0.6 is 12.2 Å². The molecule has 1 aromatic carbocycles. The van der Waals surface area contributed by atoms with Crippen LogP contribution in [0.4, 0.5) is 0 Å². The van der Waals surface area contributed by atoms with Crippen LogP contribution in [0.2, 0.25) is 0 Å². The van der Waals surface area contributed by atoms with Crippen LogP contribution < -0.4 is 0 Å². The fraction of sp³-hybridized carbons (Fsp3) is 0.438. The number of fused-ring (bicyclic) bond motifs is 1. The molecule has 0 unspecified atom stereocenters. The summed E-state index contributed by atoms with van der Waals surface area (Å²) in [6.07, 6.45) is 2.65. The summed E-state index contributed by atoms with van der Waals surface area (Å²) in [7, 11) is 0. The standard InChI is InChI=1S/C16H17N3O2S/c1-10(11-3-4-11)19(8-2-7-17)15(20)12-5-6-13-14(9-12)21-16(22)18-13/h5-6,9-11H,2-4,8H2,1H3,(H,18,22)/t10-/m1/s1. The number of hydrogen-bond acceptors (Lipinski definition) is 4. The average molecular weight is 315 g/mol. The molecule has 1 saturated carbocycles. The van der Waals surface area contributed by atoms with Gasteiger partial charge in [-0.05, 0) is 56.1 Å². The van der Waals surface area contributed by atoms with Crippen LogP contribution in [0.1, 0.15) is 36.5 Å². The molecule has 1 aliphatic rings. The summed E-state index contributed by atoms with van der Waals surface area (Å²) in [5.74, 6) is 0.501. The summed E-state index contributed by atoms with van der Waals surface area (Å²) < 4.78 is 5.38. The van der Waals surface area contributed by atoms with E-state index in [-0.39, 0.29) is 11.9 Å². The van der Waals surface area contributed by atoms with Crippen molar-refractivity contribution in [2.45, 2.75) is 32.2 Å². The molecule has 6 heteroatoms. The van der Waals surface area contributed by atoms with Gasteiger partial charge in [0.1, 0.15) is 0 Å². The number of aromatic amines is 1. The molecular formula is C16H17N3O2S. The lowest BCUT2D eigenvalue weighted by atomic mass is 10.1. The molecule has 1 aromatic heterocycles. The summed E-state index contributed by atoms with van der Waals surface area (Å²) in [4.78, 5) is 17.8. The van der Waals surface area contributed by atoms with Gasteiger partial charge in [0.05, 0.1) is 18.0 Å². The van der Waals surface area contributed by atoms with Gasteiger partial charge in [0.2, 0.25) is 0 Å². The van der Waals surface area contributed by atoms with Gasteiger partial charge in [-0.25, -0.2) is 0 Å². The van der Waals surface area contributed by atoms with Gasteiger partial charge < -0.3 is 14.3 Å². The van der Waals surface area contributed by atoms with Gasteiger partial charge in [0.25, 0.3) is 10.7 Å². The average Bonchev–Trinajstić information content (AvgIpc) is 3.28. The predicted molar refractivity (Wildman–Crippen MR) is 84.9 cm³/mol. The highest BCUT2D eigenvalue weighted by Gasteiger charge is 2.34. The highest BCUT2D eigenvalue weighted by atomic mass is 32.1. The molecule has 1 atom stereocenters. The van der Waals surface area contributed by atoms with E-state index in [9.17, 15) is 4.79 Å². The molecule has 1 heterocycles. The molecule has 0 spiro atoms. The zero-order valence-electron chi connectivity index (χ0n) is 12.3. The molecule has 22 heavy (non-hydrogen) atoms. The molecular weight excluding hydrogens is 298 g/mol. The first-order chi connectivity index (χ1) is 10.6. The minimum absolute atomic E-state index is 0.0566. The Labute approximate surface area is 133 Å². The van der Waals surface area contributed by atoms with E-state index in [0.29, 0.717) is 34.9 Å². The normalized spacial score (nSPS) is 15.5. The minimum atomic E-state index is -0.0566. The number of nitrogens with one attached hydrogen (secondary N) is 1. The fourth-order valence-electron chi connectivity index (χ4n) is 2.74. The van der Waals surface area contributed by atoms with Crippen molar-refractivity contribution in [1.29, 1.82) is 5.26 Å². The number of H-pyrrole nitrogens is 1. The molecule has 2 aromatic rings. The van der Waals surface area contributed by atoms with E-state index in [0.717, 1.165) is 18.4 Å². The zero-order chi connectivity index (χ0) is 15.7. The van der Waals surface area contributed by atoms with E-state index in [1.807, 2.05) is 4.90 Å². The topological polar surface area (TPSA) is 73.0 Å². The second kappa shape index (κ2) is 5.93. The van der Waals surface area contributed by atoms with E-state index in [1.54, 1.807) is 18.2 Å². The molecule has 1 fully saturated rings. The van der Waals surface area contributed by atoms with Crippen LogP contribution in [0.3, 0.4) is 0 Å². The highest BCUT2D eigenvalue weighted by Crippen LogP contribution is 2.35. The fourth-order valence-corrected chi connectivity index (χ4v) is 2.94. The summed E-state index contributed by atoms with van der Waals surface area (Å²) >= 11 is 4.96. The monoisotopic (exact) mass is 315 g/mol. The van der Waals surface area contributed by atoms with Crippen molar-refractivity contribution in [3.8, 4) is 6.07 Å². The maximum Gasteiger partial charge on any atom is 0.266 e. The highest BCUT2D eigenvalue weighted by molar-refractivity contribution is 7.71. The number of carbonyl (C=O) groups is 1. The Morgan fingerprint density at radius 1 is 1.59 bits per heavy atom. The van der Waals surface area contributed by atoms with E-state index >= 15 is 0 Å². The van der Waals surface area contributed by atoms with Gasteiger partial charge >= 0.3 is 0 Å². The van der Waals surface area contributed by atoms with Crippen LogP contribution in [0.15, 0.2) is 22.6 Å². The molecule has 114 valence electrons. The summed E-state index contributed by atoms with van der Waals surface area (Å²) in [5, 5.41) is 8.83. The molecule has 1 amide bonds. The molecule has 3 rings (SSSR count). The number of benzene rings is 1. The third-order valence-electron chi connectivity index (χ3n) is 4.19. The van der Waals surface area contributed by atoms with E-state index in [4.69, 9.17) is 21.9 Å². The Morgan fingerprint density at radius 2 is 2.36 bits per heavy atom. The van der Waals surface area contributed by atoms with Gasteiger partial charge in [-0.3, -0.25) is 4.79 Å². The smallest absolute Gasteiger partial charge is 0.266 e. The lowest BCUT2D eigenvalue weighted by Crippen LogP contribution is -2.40. The predicted octanol–water partition coefficient (Wildman–Crippen LogP) is 3.64. The van der Waals surface area contributed by atoms with E-state index in [2.05, 4.69) is 18.0 Å². The number of aromatic nitrogens is 1. The quantitative estimate of drug-likeness (QED) is 0.855. The number of carbonyl (C=O) groups excluding carboxylic acids is 1. The van der Waals surface area contributed by atoms with Crippen LogP contribution in [0, 0.1) is 22.1 Å². The first kappa shape index (κ1) is 14.8. The third kappa shape index (κ3) is 2.90. The molecule has 1 aliphatic carbocycles. The zero-order valence-corrected chi connectivity index (χ0v) is 13.2. The van der Waals surface area contributed by atoms with Crippen molar-refractivity contribution in [3.63, 3.8) is 0 Å². The minimum Gasteiger partial charge on any atom is -0.429 e. The van der Waals surface area contributed by atoms with Gasteiger partial charge in [0.15, 0.2) is 5.58 Å². The number of hydrogen-bond donors (Lipinski definition) is 1. The molecule has 0 bridgehead atoms. The molecule has 5 nitrogen and oxygen atoms in total. The third-order valence-corrected chi connectivity index (χ3v) is 4.37. The van der Waals surface area contributed by atoms with Crippen LogP contribution in [-0.2, 0) is 0 Å². The number of amides is 1. The number of rotatable bonds is 5. The number of nitriles is 1. The molecule has 0 radical (unpaired) electrons. The SMILES string of the molecule is C[C@H](C1CC1)N(CCC#N)C(=O)c1ccc2[nH]c(=S)oc2c1. The molecule has 0 aliphatic heterocycles. The van der Waals surface area contributed by atoms with Gasteiger partial charge in [-0.1, -0.05) is 0 Å². The van der Waals surface area contributed by atoms with E-state index in [1.165, 1.54) is 0 Å². The maximum atomic E-state index is 12.8. The van der Waals surface area contributed by atoms with Crippen molar-refractivity contribution in [3.05, 3.63) is 28.6 Å². The van der Waals surface area contributed by atoms with Crippen LogP contribution in [0.5, 0.6) is 0 Å². The van der Waals surface area contributed by atoms with Crippen LogP contribution in [0.25, 0.3) is 11.1 Å². The Bertz CT molecular complexity index is 798. The van der Waals surface area contributed by atoms with Crippen molar-refractivity contribution in [1.82, 2.24) is 9.88 Å². The van der Waals surface area contributed by atoms with Gasteiger partial charge in [0, 0.05) is 18.2 Å². The van der Waals surface area contributed by atoms with Crippen LogP contribution in [-0.4, -0.2) is 28.4 Å². The van der Waals surface area contributed by atoms with Crippen molar-refractivity contribution >= 4 is 29.2 Å². The Kier molecular flexibility index (Phi) is 3.99. The largest absolute Gasteiger partial charge is 0.429 e. The van der Waals surface area contributed by atoms with E-state index < -0.39 is 0 Å². The maximum absolute atomic E-state index is 12.8. The van der Waals surface area contributed by atoms with Gasteiger partial charge in [-0.2, -0.15) is 5.26 Å². The second-order valence-corrected chi connectivity index (χ2v) is 6.08. The first-order valence-corrected chi connectivity index (χ1v) is 7.82. The molecule has 0 saturated heterocycles. The summed E-state index contributed by atoms with van der Waals surface area (Å²) in [6, 6.07) is 7.56. The van der Waals surface area contributed by atoms with Crippen molar-refractivity contribution in [2.24, 2.45) is 5.92 Å². The van der Waals surface area contributed by atoms with Gasteiger partial charge in [-0.15, -0.1) is 0 Å². The Balaban J connectivity index is 1.89. The Morgan fingerprint density at radius 3 is 3.05 bits per heavy atom. The Hall–Kier alpha value is -2.13. The summed E-state index contributed by atoms with van der Waals surface area (Å²) in [6.45, 7) is 2.52. The second-order valence-electron chi connectivity index (χ2n) is 5.71. The van der Waals surface area contributed by atoms with Crippen molar-refractivity contribution in [2.75, 3.05) is 6.54 Å². The lowest BCUT2D eigenvalue weighted by Gasteiger charge is -2.28. The number of oxazole rings is 1. The lowest BCUT2D eigenvalue weighted by molar-refractivity contribution is 0.0677.